The van der Waals surface area contributed by atoms with E-state index >= 15 is 0 Å². The molecule has 1 N–H and O–H groups in total. The van der Waals surface area contributed by atoms with E-state index in [4.69, 9.17) is 0 Å². The summed E-state index contributed by atoms with van der Waals surface area (Å²) in [4.78, 5) is 26.9. The minimum absolute atomic E-state index is 0.0653. The van der Waals surface area contributed by atoms with Gasteiger partial charge in [0.25, 0.3) is 0 Å². The maximum atomic E-state index is 13.1. The molecule has 7 nitrogen and oxygen atoms in total. The van der Waals surface area contributed by atoms with Crippen LogP contribution in [0.3, 0.4) is 0 Å². The first-order valence-corrected chi connectivity index (χ1v) is 11.2. The zero-order valence-electron chi connectivity index (χ0n) is 16.8. The van der Waals surface area contributed by atoms with Crippen LogP contribution in [0.25, 0.3) is 0 Å². The van der Waals surface area contributed by atoms with Gasteiger partial charge >= 0.3 is 0 Å². The highest BCUT2D eigenvalue weighted by molar-refractivity contribution is 7.88. The Bertz CT molecular complexity index is 1020. The molecule has 8 heteroatoms. The number of rotatable bonds is 6. The van der Waals surface area contributed by atoms with E-state index in [9.17, 15) is 18.0 Å². The fourth-order valence-electron chi connectivity index (χ4n) is 3.44. The molecule has 0 aromatic heterocycles. The lowest BCUT2D eigenvalue weighted by atomic mass is 10.1. The molecule has 0 saturated carbocycles. The summed E-state index contributed by atoms with van der Waals surface area (Å²) in [6.45, 7) is 2.57. The normalized spacial score (nSPS) is 15.6. The standard InChI is InChI=1S/C21H25N3O4S/c1-15-11-12-17(14-18(15)24-13-7-10-19(24)25)22-21(26)20(23(2)29(3,27)28)16-8-5-4-6-9-16/h4-6,8-9,11-12,14,20H,7,10,13H2,1-3H3,(H,22,26)/t20-/m1/s1. The molecule has 29 heavy (non-hydrogen) atoms. The Labute approximate surface area is 171 Å². The first-order valence-electron chi connectivity index (χ1n) is 9.38. The van der Waals surface area contributed by atoms with E-state index in [1.54, 1.807) is 47.4 Å². The number of likely N-dealkylation sites (N-methyl/N-ethyl adjacent to an activating group) is 1. The van der Waals surface area contributed by atoms with Crippen LogP contribution in [0.2, 0.25) is 0 Å². The SMILES string of the molecule is Cc1ccc(NC(=O)[C@@H](c2ccccc2)N(C)S(C)(=O)=O)cc1N1CCCC1=O. The Balaban J connectivity index is 1.91. The number of amides is 2. The lowest BCUT2D eigenvalue weighted by molar-refractivity contribution is -0.119. The monoisotopic (exact) mass is 415 g/mol. The number of hydrogen-bond donors (Lipinski definition) is 1. The van der Waals surface area contributed by atoms with E-state index < -0.39 is 22.0 Å². The van der Waals surface area contributed by atoms with Crippen LogP contribution in [0.5, 0.6) is 0 Å². The smallest absolute Gasteiger partial charge is 0.247 e. The van der Waals surface area contributed by atoms with Crippen LogP contribution in [0.15, 0.2) is 48.5 Å². The average molecular weight is 416 g/mol. The highest BCUT2D eigenvalue weighted by Gasteiger charge is 2.31. The predicted octanol–water partition coefficient (Wildman–Crippen LogP) is 2.69. The van der Waals surface area contributed by atoms with Crippen LogP contribution >= 0.6 is 0 Å². The topological polar surface area (TPSA) is 86.8 Å². The second-order valence-electron chi connectivity index (χ2n) is 7.23. The molecule has 1 atom stereocenters. The zero-order valence-corrected chi connectivity index (χ0v) is 17.6. The first-order chi connectivity index (χ1) is 13.7. The Morgan fingerprint density at radius 2 is 1.86 bits per heavy atom. The maximum absolute atomic E-state index is 13.1. The largest absolute Gasteiger partial charge is 0.324 e. The van der Waals surface area contributed by atoms with Gasteiger partial charge in [-0.2, -0.15) is 4.31 Å². The average Bonchev–Trinajstić information content (AvgIpc) is 3.09. The van der Waals surface area contributed by atoms with Gasteiger partial charge in [0.05, 0.1) is 6.26 Å². The number of aryl methyl sites for hydroxylation is 1. The predicted molar refractivity (Wildman–Crippen MR) is 113 cm³/mol. The highest BCUT2D eigenvalue weighted by Crippen LogP contribution is 2.29. The van der Waals surface area contributed by atoms with E-state index in [1.807, 2.05) is 13.0 Å². The van der Waals surface area contributed by atoms with Crippen molar-refractivity contribution in [3.8, 4) is 0 Å². The van der Waals surface area contributed by atoms with Crippen molar-refractivity contribution in [3.05, 3.63) is 59.7 Å². The number of nitrogens with zero attached hydrogens (tertiary/aromatic N) is 2. The molecule has 154 valence electrons. The Morgan fingerprint density at radius 3 is 2.45 bits per heavy atom. The van der Waals surface area contributed by atoms with Crippen LogP contribution in [0, 0.1) is 6.92 Å². The second-order valence-corrected chi connectivity index (χ2v) is 9.27. The second kappa shape index (κ2) is 8.34. The molecule has 1 saturated heterocycles. The highest BCUT2D eigenvalue weighted by atomic mass is 32.2. The van der Waals surface area contributed by atoms with E-state index in [1.165, 1.54) is 7.05 Å². The van der Waals surface area contributed by atoms with Gasteiger partial charge in [0, 0.05) is 31.4 Å². The van der Waals surface area contributed by atoms with Crippen LogP contribution in [-0.4, -0.2) is 44.4 Å². The van der Waals surface area contributed by atoms with Crippen molar-refractivity contribution < 1.29 is 18.0 Å². The van der Waals surface area contributed by atoms with Gasteiger partial charge in [-0.05, 0) is 36.6 Å². The summed E-state index contributed by atoms with van der Waals surface area (Å²) in [6.07, 6.45) is 2.40. The third-order valence-electron chi connectivity index (χ3n) is 5.09. The molecule has 1 heterocycles. The summed E-state index contributed by atoms with van der Waals surface area (Å²) in [5.41, 5.74) is 2.78. The Kier molecular flexibility index (Phi) is 6.04. The van der Waals surface area contributed by atoms with Gasteiger partial charge in [0.15, 0.2) is 0 Å². The number of nitrogens with one attached hydrogen (secondary N) is 1. The lowest BCUT2D eigenvalue weighted by Crippen LogP contribution is -2.38. The molecule has 1 fully saturated rings. The minimum Gasteiger partial charge on any atom is -0.324 e. The number of sulfonamides is 1. The maximum Gasteiger partial charge on any atom is 0.247 e. The molecular weight excluding hydrogens is 390 g/mol. The lowest BCUT2D eigenvalue weighted by Gasteiger charge is -2.26. The van der Waals surface area contributed by atoms with E-state index in [-0.39, 0.29) is 5.91 Å². The molecular formula is C21H25N3O4S. The summed E-state index contributed by atoms with van der Waals surface area (Å²) in [7, 11) is -2.22. The number of benzene rings is 2. The minimum atomic E-state index is -3.60. The van der Waals surface area contributed by atoms with Gasteiger partial charge in [0.2, 0.25) is 21.8 Å². The fourth-order valence-corrected chi connectivity index (χ4v) is 4.05. The molecule has 2 aromatic rings. The first kappa shape index (κ1) is 21.0. The number of hydrogen-bond acceptors (Lipinski definition) is 4. The number of anilines is 2. The van der Waals surface area contributed by atoms with Crippen molar-refractivity contribution in [2.45, 2.75) is 25.8 Å². The van der Waals surface area contributed by atoms with Crippen molar-refractivity contribution in [2.75, 3.05) is 30.1 Å². The van der Waals surface area contributed by atoms with Crippen LogP contribution in [-0.2, 0) is 19.6 Å². The third-order valence-corrected chi connectivity index (χ3v) is 6.35. The molecule has 0 spiro atoms. The number of carbonyl (C=O) groups excluding carboxylic acids is 2. The molecule has 1 aliphatic heterocycles. The van der Waals surface area contributed by atoms with Gasteiger partial charge in [-0.3, -0.25) is 9.59 Å². The molecule has 1 aliphatic rings. The number of carbonyl (C=O) groups is 2. The molecule has 0 unspecified atom stereocenters. The summed E-state index contributed by atoms with van der Waals surface area (Å²) in [5.74, 6) is -0.401. The molecule has 2 aromatic carbocycles. The van der Waals surface area contributed by atoms with E-state index in [2.05, 4.69) is 5.32 Å². The molecule has 2 amide bonds. The Hall–Kier alpha value is -2.71. The van der Waals surface area contributed by atoms with E-state index in [0.29, 0.717) is 24.2 Å². The van der Waals surface area contributed by atoms with Gasteiger partial charge in [-0.15, -0.1) is 0 Å². The Morgan fingerprint density at radius 1 is 1.17 bits per heavy atom. The molecule has 3 rings (SSSR count). The van der Waals surface area contributed by atoms with Gasteiger partial charge in [0.1, 0.15) is 6.04 Å². The van der Waals surface area contributed by atoms with Crippen LogP contribution in [0.1, 0.15) is 30.0 Å². The molecule has 0 radical (unpaired) electrons. The van der Waals surface area contributed by atoms with Crippen molar-refractivity contribution in [1.29, 1.82) is 0 Å². The quantitative estimate of drug-likeness (QED) is 0.786. The van der Waals surface area contributed by atoms with Gasteiger partial charge < -0.3 is 10.2 Å². The van der Waals surface area contributed by atoms with Crippen molar-refractivity contribution in [2.24, 2.45) is 0 Å². The van der Waals surface area contributed by atoms with Crippen molar-refractivity contribution >= 4 is 33.2 Å². The van der Waals surface area contributed by atoms with E-state index in [0.717, 1.165) is 28.2 Å². The zero-order chi connectivity index (χ0) is 21.2. The summed E-state index contributed by atoms with van der Waals surface area (Å²) >= 11 is 0. The third kappa shape index (κ3) is 4.65. The fraction of sp³-hybridized carbons (Fsp3) is 0.333. The van der Waals surface area contributed by atoms with Gasteiger partial charge in [-0.25, -0.2) is 8.42 Å². The summed E-state index contributed by atoms with van der Waals surface area (Å²) < 4.78 is 25.3. The molecule has 0 bridgehead atoms. The van der Waals surface area contributed by atoms with Crippen LogP contribution in [0.4, 0.5) is 11.4 Å². The summed E-state index contributed by atoms with van der Waals surface area (Å²) in [5, 5.41) is 2.82. The van der Waals surface area contributed by atoms with Gasteiger partial charge in [-0.1, -0.05) is 36.4 Å². The summed E-state index contributed by atoms with van der Waals surface area (Å²) in [6, 6.07) is 13.1. The van der Waals surface area contributed by atoms with Crippen molar-refractivity contribution in [1.82, 2.24) is 4.31 Å². The molecule has 0 aliphatic carbocycles. The van der Waals surface area contributed by atoms with Crippen LogP contribution < -0.4 is 10.2 Å². The van der Waals surface area contributed by atoms with Crippen molar-refractivity contribution in [3.63, 3.8) is 0 Å².